The van der Waals surface area contributed by atoms with Gasteiger partial charge in [-0.3, -0.25) is 9.69 Å². The number of carbonyl (C=O) groups excluding carboxylic acids is 1. The van der Waals surface area contributed by atoms with Crippen LogP contribution in [0.5, 0.6) is 0 Å². The summed E-state index contributed by atoms with van der Waals surface area (Å²) >= 11 is 0. The fraction of sp³-hybridized carbons (Fsp3) is 0.350. The van der Waals surface area contributed by atoms with Crippen molar-refractivity contribution in [1.82, 2.24) is 4.90 Å². The number of alkyl halides is 3. The number of piperazine rings is 1. The Labute approximate surface area is 173 Å². The molecule has 0 atom stereocenters. The molecule has 3 rings (SSSR count). The second-order valence-corrected chi connectivity index (χ2v) is 9.18. The predicted molar refractivity (Wildman–Crippen MR) is 108 cm³/mol. The predicted octanol–water partition coefficient (Wildman–Crippen LogP) is 2.87. The first-order chi connectivity index (χ1) is 14.0. The van der Waals surface area contributed by atoms with E-state index >= 15 is 0 Å². The van der Waals surface area contributed by atoms with Crippen LogP contribution in [-0.2, 0) is 20.8 Å². The molecule has 0 saturated carbocycles. The molecule has 0 aliphatic carbocycles. The molecule has 6 nitrogen and oxygen atoms in total. The minimum absolute atomic E-state index is 0.111. The van der Waals surface area contributed by atoms with E-state index in [9.17, 15) is 26.4 Å². The van der Waals surface area contributed by atoms with Gasteiger partial charge in [0.2, 0.25) is 5.91 Å². The van der Waals surface area contributed by atoms with Gasteiger partial charge in [0, 0.05) is 43.8 Å². The Morgan fingerprint density at radius 2 is 1.70 bits per heavy atom. The smallest absolute Gasteiger partial charge is 0.369 e. The number of nitrogens with zero attached hydrogens (tertiary/aromatic N) is 2. The number of rotatable bonds is 5. The summed E-state index contributed by atoms with van der Waals surface area (Å²) in [6.07, 6.45) is -3.29. The van der Waals surface area contributed by atoms with Crippen LogP contribution in [0.15, 0.2) is 53.4 Å². The van der Waals surface area contributed by atoms with Crippen molar-refractivity contribution in [3.05, 3.63) is 54.1 Å². The van der Waals surface area contributed by atoms with Crippen LogP contribution in [0, 0.1) is 0 Å². The molecule has 1 aliphatic rings. The normalized spacial score (nSPS) is 15.8. The first kappa shape index (κ1) is 22.1. The lowest BCUT2D eigenvalue weighted by atomic mass is 10.1. The number of benzene rings is 2. The van der Waals surface area contributed by atoms with E-state index < -0.39 is 21.6 Å². The third-order valence-electron chi connectivity index (χ3n) is 4.82. The van der Waals surface area contributed by atoms with E-state index in [-0.39, 0.29) is 17.3 Å². The van der Waals surface area contributed by atoms with Gasteiger partial charge in [-0.25, -0.2) is 8.42 Å². The van der Waals surface area contributed by atoms with Crippen molar-refractivity contribution in [2.24, 2.45) is 0 Å². The maximum absolute atomic E-state index is 12.9. The SMILES string of the molecule is CS(=O)(=O)c1cccc(NC(=O)CN2CCN(c3cccc(C(F)(F)F)c3)CC2)c1. The highest BCUT2D eigenvalue weighted by Crippen LogP contribution is 2.31. The molecule has 0 unspecified atom stereocenters. The summed E-state index contributed by atoms with van der Waals surface area (Å²) in [5, 5.41) is 2.69. The van der Waals surface area contributed by atoms with E-state index in [1.165, 1.54) is 18.2 Å². The van der Waals surface area contributed by atoms with Gasteiger partial charge in [0.25, 0.3) is 0 Å². The third kappa shape index (κ3) is 5.73. The number of anilines is 2. The van der Waals surface area contributed by atoms with Crippen molar-refractivity contribution < 1.29 is 26.4 Å². The Morgan fingerprint density at radius 3 is 2.33 bits per heavy atom. The molecule has 30 heavy (non-hydrogen) atoms. The topological polar surface area (TPSA) is 69.7 Å². The molecule has 1 saturated heterocycles. The van der Waals surface area contributed by atoms with Crippen molar-refractivity contribution >= 4 is 27.1 Å². The number of halogens is 3. The molecule has 2 aromatic rings. The molecule has 1 N–H and O–H groups in total. The molecule has 0 bridgehead atoms. The average molecular weight is 441 g/mol. The maximum atomic E-state index is 12.9. The molecule has 2 aromatic carbocycles. The van der Waals surface area contributed by atoms with Crippen LogP contribution in [0.25, 0.3) is 0 Å². The van der Waals surface area contributed by atoms with E-state index in [0.29, 0.717) is 37.6 Å². The van der Waals surface area contributed by atoms with E-state index in [0.717, 1.165) is 18.4 Å². The molecular formula is C20H22F3N3O3S. The van der Waals surface area contributed by atoms with Crippen molar-refractivity contribution in [2.75, 3.05) is 49.2 Å². The summed E-state index contributed by atoms with van der Waals surface area (Å²) in [4.78, 5) is 16.2. The first-order valence-corrected chi connectivity index (χ1v) is 11.2. The summed E-state index contributed by atoms with van der Waals surface area (Å²) < 4.78 is 62.0. The van der Waals surface area contributed by atoms with Crippen LogP contribution in [-0.4, -0.2) is 58.2 Å². The number of carbonyl (C=O) groups is 1. The molecule has 1 aliphatic heterocycles. The molecule has 0 radical (unpaired) electrons. The van der Waals surface area contributed by atoms with Gasteiger partial charge in [-0.05, 0) is 36.4 Å². The second-order valence-electron chi connectivity index (χ2n) is 7.16. The lowest BCUT2D eigenvalue weighted by molar-refractivity contribution is -0.137. The summed E-state index contributed by atoms with van der Waals surface area (Å²) in [6.45, 7) is 2.15. The summed E-state index contributed by atoms with van der Waals surface area (Å²) in [5.74, 6) is -0.284. The Hall–Kier alpha value is -2.59. The van der Waals surface area contributed by atoms with Gasteiger partial charge in [-0.1, -0.05) is 12.1 Å². The fourth-order valence-electron chi connectivity index (χ4n) is 3.25. The van der Waals surface area contributed by atoms with Crippen LogP contribution in [0.3, 0.4) is 0 Å². The second kappa shape index (κ2) is 8.65. The maximum Gasteiger partial charge on any atom is 0.416 e. The lowest BCUT2D eigenvalue weighted by Gasteiger charge is -2.36. The zero-order valence-corrected chi connectivity index (χ0v) is 17.1. The summed E-state index contributed by atoms with van der Waals surface area (Å²) in [6, 6.07) is 11.2. The minimum Gasteiger partial charge on any atom is -0.369 e. The molecule has 10 heteroatoms. The largest absolute Gasteiger partial charge is 0.416 e. The zero-order chi connectivity index (χ0) is 21.9. The van der Waals surface area contributed by atoms with Crippen LogP contribution in [0.1, 0.15) is 5.56 Å². The van der Waals surface area contributed by atoms with Crippen LogP contribution in [0.2, 0.25) is 0 Å². The van der Waals surface area contributed by atoms with E-state index in [1.54, 1.807) is 18.2 Å². The highest BCUT2D eigenvalue weighted by atomic mass is 32.2. The van der Waals surface area contributed by atoms with E-state index in [1.807, 2.05) is 9.80 Å². The van der Waals surface area contributed by atoms with Gasteiger partial charge in [0.15, 0.2) is 9.84 Å². The Morgan fingerprint density at radius 1 is 1.03 bits per heavy atom. The van der Waals surface area contributed by atoms with Crippen molar-refractivity contribution in [2.45, 2.75) is 11.1 Å². The van der Waals surface area contributed by atoms with Crippen molar-refractivity contribution in [3.8, 4) is 0 Å². The molecule has 1 fully saturated rings. The Kier molecular flexibility index (Phi) is 6.37. The highest BCUT2D eigenvalue weighted by molar-refractivity contribution is 7.90. The van der Waals surface area contributed by atoms with Crippen molar-refractivity contribution in [1.29, 1.82) is 0 Å². The molecule has 0 spiro atoms. The quantitative estimate of drug-likeness (QED) is 0.773. The third-order valence-corrected chi connectivity index (χ3v) is 5.93. The van der Waals surface area contributed by atoms with Gasteiger partial charge in [0.05, 0.1) is 17.0 Å². The van der Waals surface area contributed by atoms with Gasteiger partial charge < -0.3 is 10.2 Å². The number of sulfone groups is 1. The van der Waals surface area contributed by atoms with E-state index in [2.05, 4.69) is 5.32 Å². The Bertz CT molecular complexity index is 1020. The number of nitrogens with one attached hydrogen (secondary N) is 1. The van der Waals surface area contributed by atoms with Gasteiger partial charge >= 0.3 is 6.18 Å². The molecule has 162 valence electrons. The minimum atomic E-state index is -4.38. The number of amides is 1. The number of hydrogen-bond donors (Lipinski definition) is 1. The Balaban J connectivity index is 1.54. The van der Waals surface area contributed by atoms with Gasteiger partial charge in [-0.2, -0.15) is 13.2 Å². The highest BCUT2D eigenvalue weighted by Gasteiger charge is 2.31. The molecule has 0 aromatic heterocycles. The lowest BCUT2D eigenvalue weighted by Crippen LogP contribution is -2.48. The van der Waals surface area contributed by atoms with Crippen LogP contribution in [0.4, 0.5) is 24.5 Å². The summed E-state index contributed by atoms with van der Waals surface area (Å²) in [7, 11) is -3.37. The first-order valence-electron chi connectivity index (χ1n) is 9.27. The molecule has 1 amide bonds. The van der Waals surface area contributed by atoms with E-state index in [4.69, 9.17) is 0 Å². The zero-order valence-electron chi connectivity index (χ0n) is 16.3. The van der Waals surface area contributed by atoms with Gasteiger partial charge in [0.1, 0.15) is 0 Å². The monoisotopic (exact) mass is 441 g/mol. The fourth-order valence-corrected chi connectivity index (χ4v) is 3.92. The molecule has 1 heterocycles. The van der Waals surface area contributed by atoms with Gasteiger partial charge in [-0.15, -0.1) is 0 Å². The standard InChI is InChI=1S/C20H22F3N3O3S/c1-30(28,29)18-7-3-5-16(13-18)24-19(27)14-25-8-10-26(11-9-25)17-6-2-4-15(12-17)20(21,22)23/h2-7,12-13H,8-11,14H2,1H3,(H,24,27). The van der Waals surface area contributed by atoms with Crippen LogP contribution < -0.4 is 10.2 Å². The average Bonchev–Trinajstić information content (AvgIpc) is 2.67. The molecular weight excluding hydrogens is 419 g/mol. The van der Waals surface area contributed by atoms with Crippen LogP contribution >= 0.6 is 0 Å². The van der Waals surface area contributed by atoms with Crippen molar-refractivity contribution in [3.63, 3.8) is 0 Å². The number of hydrogen-bond acceptors (Lipinski definition) is 5. The summed E-state index contributed by atoms with van der Waals surface area (Å²) in [5.41, 5.74) is 0.218.